The van der Waals surface area contributed by atoms with Gasteiger partial charge in [-0.25, -0.2) is 0 Å². The van der Waals surface area contributed by atoms with Gasteiger partial charge in [0.1, 0.15) is 5.75 Å². The average molecular weight is 241 g/mol. The number of carbonyl (C=O) groups is 1. The molecule has 0 spiro atoms. The molecule has 5 heteroatoms. The zero-order valence-electron chi connectivity index (χ0n) is 9.14. The third-order valence-corrected chi connectivity index (χ3v) is 2.72. The normalized spacial score (nSPS) is 9.81. The van der Waals surface area contributed by atoms with Crippen LogP contribution in [0.4, 0.5) is 5.69 Å². The van der Waals surface area contributed by atoms with Gasteiger partial charge in [-0.3, -0.25) is 4.79 Å². The number of nitrogens with two attached hydrogens (primary N) is 1. The van der Waals surface area contributed by atoms with Crippen LogP contribution in [0.2, 0.25) is 0 Å². The number of hydrogen-bond donors (Lipinski definition) is 1. The van der Waals surface area contributed by atoms with Crippen molar-refractivity contribution in [2.45, 2.75) is 0 Å². The van der Waals surface area contributed by atoms with Crippen LogP contribution >= 0.6 is 11.8 Å². The highest BCUT2D eigenvalue weighted by Crippen LogP contribution is 2.13. The van der Waals surface area contributed by atoms with Crippen molar-refractivity contribution >= 4 is 23.4 Å². The molecule has 1 rings (SSSR count). The van der Waals surface area contributed by atoms with Gasteiger partial charge >= 0.3 is 5.97 Å². The first-order chi connectivity index (χ1) is 7.72. The molecule has 0 aliphatic heterocycles. The van der Waals surface area contributed by atoms with Crippen molar-refractivity contribution in [1.82, 2.24) is 0 Å². The summed E-state index contributed by atoms with van der Waals surface area (Å²) in [4.78, 5) is 10.8. The van der Waals surface area contributed by atoms with Gasteiger partial charge in [-0.1, -0.05) is 0 Å². The van der Waals surface area contributed by atoms with Gasteiger partial charge in [0.25, 0.3) is 0 Å². The molecule has 0 radical (unpaired) electrons. The van der Waals surface area contributed by atoms with Crippen LogP contribution in [0.1, 0.15) is 0 Å². The van der Waals surface area contributed by atoms with Crippen LogP contribution in [-0.4, -0.2) is 31.2 Å². The fraction of sp³-hybridized carbons (Fsp3) is 0.364. The van der Waals surface area contributed by atoms with Crippen molar-refractivity contribution in [3.63, 3.8) is 0 Å². The van der Waals surface area contributed by atoms with E-state index in [2.05, 4.69) is 4.74 Å². The summed E-state index contributed by atoms with van der Waals surface area (Å²) in [5, 5.41) is 0. The standard InChI is InChI=1S/C11H15NO3S/c1-14-11(13)8-16-7-6-15-10-4-2-9(12)3-5-10/h2-5H,6-8,12H2,1H3. The maximum absolute atomic E-state index is 10.8. The molecule has 0 saturated heterocycles. The molecule has 0 heterocycles. The van der Waals surface area contributed by atoms with Gasteiger partial charge in [0.05, 0.1) is 19.5 Å². The molecule has 0 unspecified atom stereocenters. The minimum Gasteiger partial charge on any atom is -0.493 e. The van der Waals surface area contributed by atoms with Crippen molar-refractivity contribution in [2.75, 3.05) is 31.0 Å². The molecule has 0 aliphatic carbocycles. The number of methoxy groups -OCH3 is 1. The Hall–Kier alpha value is -1.36. The summed E-state index contributed by atoms with van der Waals surface area (Å²) in [7, 11) is 1.38. The van der Waals surface area contributed by atoms with E-state index in [9.17, 15) is 4.79 Å². The van der Waals surface area contributed by atoms with Gasteiger partial charge in [0, 0.05) is 11.4 Å². The van der Waals surface area contributed by atoms with Crippen molar-refractivity contribution in [3.8, 4) is 5.75 Å². The molecular weight excluding hydrogens is 226 g/mol. The second-order valence-electron chi connectivity index (χ2n) is 3.05. The van der Waals surface area contributed by atoms with Crippen LogP contribution in [0.25, 0.3) is 0 Å². The van der Waals surface area contributed by atoms with Crippen LogP contribution in [0.15, 0.2) is 24.3 Å². The summed E-state index contributed by atoms with van der Waals surface area (Å²) in [6.07, 6.45) is 0. The lowest BCUT2D eigenvalue weighted by molar-refractivity contribution is -0.137. The Morgan fingerprint density at radius 3 is 2.69 bits per heavy atom. The van der Waals surface area contributed by atoms with Crippen LogP contribution in [0.3, 0.4) is 0 Å². The Kier molecular flexibility index (Phi) is 5.56. The van der Waals surface area contributed by atoms with Crippen LogP contribution in [-0.2, 0) is 9.53 Å². The third-order valence-electron chi connectivity index (χ3n) is 1.82. The average Bonchev–Trinajstić information content (AvgIpc) is 2.31. The van der Waals surface area contributed by atoms with Crippen LogP contribution in [0, 0.1) is 0 Å². The Morgan fingerprint density at radius 2 is 2.06 bits per heavy atom. The van der Waals surface area contributed by atoms with E-state index in [1.165, 1.54) is 18.9 Å². The fourth-order valence-electron chi connectivity index (χ4n) is 0.997. The van der Waals surface area contributed by atoms with E-state index in [4.69, 9.17) is 10.5 Å². The molecular formula is C11H15NO3S. The van der Waals surface area contributed by atoms with Gasteiger partial charge < -0.3 is 15.2 Å². The summed E-state index contributed by atoms with van der Waals surface area (Å²) < 4.78 is 9.96. The summed E-state index contributed by atoms with van der Waals surface area (Å²) >= 11 is 1.48. The molecule has 0 amide bonds. The van der Waals surface area contributed by atoms with Crippen LogP contribution in [0.5, 0.6) is 5.75 Å². The van der Waals surface area contributed by atoms with Crippen molar-refractivity contribution in [1.29, 1.82) is 0 Å². The second kappa shape index (κ2) is 7.00. The Bertz CT molecular complexity index is 327. The molecule has 4 nitrogen and oxygen atoms in total. The van der Waals surface area contributed by atoms with Crippen molar-refractivity contribution in [3.05, 3.63) is 24.3 Å². The second-order valence-corrected chi connectivity index (χ2v) is 4.15. The van der Waals surface area contributed by atoms with Gasteiger partial charge in [0.15, 0.2) is 0 Å². The molecule has 0 saturated carbocycles. The number of carbonyl (C=O) groups excluding carboxylic acids is 1. The van der Waals surface area contributed by atoms with E-state index in [-0.39, 0.29) is 5.97 Å². The molecule has 1 aromatic rings. The zero-order chi connectivity index (χ0) is 11.8. The first kappa shape index (κ1) is 12.7. The SMILES string of the molecule is COC(=O)CSCCOc1ccc(N)cc1. The summed E-state index contributed by atoms with van der Waals surface area (Å²) in [5.74, 6) is 1.69. The molecule has 0 aromatic heterocycles. The minimum absolute atomic E-state index is 0.211. The maximum atomic E-state index is 10.8. The van der Waals surface area contributed by atoms with E-state index >= 15 is 0 Å². The molecule has 1 aromatic carbocycles. The van der Waals surface area contributed by atoms with Gasteiger partial charge in [-0.15, -0.1) is 11.8 Å². The molecule has 0 aliphatic rings. The summed E-state index contributed by atoms with van der Waals surface area (Å²) in [5.41, 5.74) is 6.26. The van der Waals surface area contributed by atoms with E-state index < -0.39 is 0 Å². The maximum Gasteiger partial charge on any atom is 0.315 e. The van der Waals surface area contributed by atoms with Gasteiger partial charge in [0.2, 0.25) is 0 Å². The van der Waals surface area contributed by atoms with E-state index in [0.717, 1.165) is 11.5 Å². The highest BCUT2D eigenvalue weighted by molar-refractivity contribution is 7.99. The fourth-order valence-corrected chi connectivity index (χ4v) is 1.63. The smallest absolute Gasteiger partial charge is 0.315 e. The first-order valence-electron chi connectivity index (χ1n) is 4.85. The number of ether oxygens (including phenoxy) is 2. The number of esters is 1. The number of hydrogen-bond acceptors (Lipinski definition) is 5. The largest absolute Gasteiger partial charge is 0.493 e. The van der Waals surface area contributed by atoms with Gasteiger partial charge in [-0.2, -0.15) is 0 Å². The third kappa shape index (κ3) is 4.93. The predicted molar refractivity (Wildman–Crippen MR) is 65.7 cm³/mol. The summed E-state index contributed by atoms with van der Waals surface area (Å²) in [6.45, 7) is 0.561. The van der Waals surface area contributed by atoms with E-state index in [0.29, 0.717) is 18.0 Å². The molecule has 0 bridgehead atoms. The Balaban J connectivity index is 2.11. The quantitative estimate of drug-likeness (QED) is 0.465. The number of anilines is 1. The predicted octanol–water partition coefficient (Wildman–Crippen LogP) is 1.55. The molecule has 88 valence electrons. The van der Waals surface area contributed by atoms with E-state index in [1.807, 2.05) is 12.1 Å². The van der Waals surface area contributed by atoms with Crippen LogP contribution < -0.4 is 10.5 Å². The number of rotatable bonds is 6. The lowest BCUT2D eigenvalue weighted by atomic mass is 10.3. The number of nitrogen functional groups attached to an aromatic ring is 1. The minimum atomic E-state index is -0.211. The molecule has 16 heavy (non-hydrogen) atoms. The van der Waals surface area contributed by atoms with E-state index in [1.54, 1.807) is 12.1 Å². The molecule has 2 N–H and O–H groups in total. The monoisotopic (exact) mass is 241 g/mol. The first-order valence-corrected chi connectivity index (χ1v) is 6.00. The van der Waals surface area contributed by atoms with Crippen molar-refractivity contribution < 1.29 is 14.3 Å². The Labute approximate surface area is 99.1 Å². The topological polar surface area (TPSA) is 61.5 Å². The lowest BCUT2D eigenvalue weighted by Gasteiger charge is -2.05. The molecule has 0 fully saturated rings. The molecule has 0 atom stereocenters. The van der Waals surface area contributed by atoms with Crippen molar-refractivity contribution in [2.24, 2.45) is 0 Å². The zero-order valence-corrected chi connectivity index (χ0v) is 9.96. The Morgan fingerprint density at radius 1 is 1.38 bits per heavy atom. The summed E-state index contributed by atoms with van der Waals surface area (Å²) in [6, 6.07) is 7.22. The highest BCUT2D eigenvalue weighted by Gasteiger charge is 1.99. The number of benzene rings is 1. The van der Waals surface area contributed by atoms with Gasteiger partial charge in [-0.05, 0) is 24.3 Å². The lowest BCUT2D eigenvalue weighted by Crippen LogP contribution is -2.06. The number of thioether (sulfide) groups is 1. The highest BCUT2D eigenvalue weighted by atomic mass is 32.2.